The number of piperidine rings is 1. The van der Waals surface area contributed by atoms with Crippen molar-refractivity contribution in [2.24, 2.45) is 18.4 Å². The van der Waals surface area contributed by atoms with Crippen molar-refractivity contribution in [2.75, 3.05) is 31.1 Å². The lowest BCUT2D eigenvalue weighted by atomic mass is 9.68. The van der Waals surface area contributed by atoms with E-state index in [1.54, 1.807) is 4.57 Å². The average Bonchev–Trinajstić information content (AvgIpc) is 3.58. The summed E-state index contributed by atoms with van der Waals surface area (Å²) in [6.07, 6.45) is 5.37. The van der Waals surface area contributed by atoms with Crippen LogP contribution in [0.3, 0.4) is 0 Å². The van der Waals surface area contributed by atoms with E-state index in [0.29, 0.717) is 49.1 Å². The lowest BCUT2D eigenvalue weighted by molar-refractivity contribution is -0.129. The molecule has 3 aromatic rings. The van der Waals surface area contributed by atoms with E-state index >= 15 is 0 Å². The van der Waals surface area contributed by atoms with Crippen molar-refractivity contribution in [1.29, 1.82) is 0 Å². The minimum atomic E-state index is -0.401. The molecule has 1 atom stereocenters. The molecule has 1 saturated carbocycles. The number of aromatic nitrogens is 4. The van der Waals surface area contributed by atoms with Gasteiger partial charge in [0, 0.05) is 39.1 Å². The van der Waals surface area contributed by atoms with Gasteiger partial charge in [-0.1, -0.05) is 30.3 Å². The van der Waals surface area contributed by atoms with Crippen molar-refractivity contribution in [3.05, 3.63) is 48.0 Å². The number of benzene rings is 1. The molecule has 2 aromatic heterocycles. The summed E-state index contributed by atoms with van der Waals surface area (Å²) in [4.78, 5) is 41.5. The first-order chi connectivity index (χ1) is 16.6. The zero-order valence-electron chi connectivity index (χ0n) is 19.3. The van der Waals surface area contributed by atoms with Crippen LogP contribution in [0.4, 0.5) is 5.82 Å². The lowest BCUT2D eigenvalue weighted by Gasteiger charge is -2.41. The number of carbonyl (C=O) groups is 2. The molecule has 1 aliphatic carbocycles. The van der Waals surface area contributed by atoms with Crippen molar-refractivity contribution in [3.8, 4) is 0 Å². The van der Waals surface area contributed by atoms with Crippen LogP contribution in [0.1, 0.15) is 47.8 Å². The van der Waals surface area contributed by atoms with Gasteiger partial charge in [-0.25, -0.2) is 15.0 Å². The first-order valence-corrected chi connectivity index (χ1v) is 12.1. The number of rotatable bonds is 5. The molecule has 2 amide bonds. The fourth-order valence-corrected chi connectivity index (χ4v) is 5.60. The molecule has 0 bridgehead atoms. The van der Waals surface area contributed by atoms with E-state index in [-0.39, 0.29) is 17.7 Å². The van der Waals surface area contributed by atoms with Gasteiger partial charge in [0.25, 0.3) is 5.91 Å². The Balaban J connectivity index is 1.25. The third-order valence-electron chi connectivity index (χ3n) is 7.83. The Morgan fingerprint density at radius 2 is 1.94 bits per heavy atom. The quantitative estimate of drug-likeness (QED) is 0.605. The van der Waals surface area contributed by atoms with Crippen LogP contribution in [0.25, 0.3) is 11.2 Å². The van der Waals surface area contributed by atoms with E-state index in [1.165, 1.54) is 24.7 Å². The van der Waals surface area contributed by atoms with Crippen LogP contribution in [0.5, 0.6) is 0 Å². The van der Waals surface area contributed by atoms with Gasteiger partial charge < -0.3 is 20.1 Å². The van der Waals surface area contributed by atoms with Crippen LogP contribution in [0.15, 0.2) is 36.7 Å². The second kappa shape index (κ2) is 8.07. The SMILES string of the molecule is Cn1c(C(=O)NCC2CC2)nc2c(N3CCC4(CC3)C(=O)NCC4c3ccccc3)ncnc21. The zero-order chi connectivity index (χ0) is 23.3. The number of hydrogen-bond donors (Lipinski definition) is 2. The largest absolute Gasteiger partial charge is 0.355 e. The first kappa shape index (κ1) is 21.1. The summed E-state index contributed by atoms with van der Waals surface area (Å²) in [7, 11) is 1.82. The number of carbonyl (C=O) groups excluding carboxylic acids is 2. The minimum Gasteiger partial charge on any atom is -0.355 e. The number of nitrogens with zero attached hydrogens (tertiary/aromatic N) is 5. The molecule has 9 nitrogen and oxygen atoms in total. The zero-order valence-corrected chi connectivity index (χ0v) is 19.3. The molecule has 176 valence electrons. The number of amides is 2. The number of aryl methyl sites for hydroxylation is 1. The van der Waals surface area contributed by atoms with Crippen LogP contribution >= 0.6 is 0 Å². The van der Waals surface area contributed by atoms with Gasteiger partial charge in [0.2, 0.25) is 11.7 Å². The molecule has 2 aliphatic heterocycles. The lowest BCUT2D eigenvalue weighted by Crippen LogP contribution is -2.46. The molecule has 2 N–H and O–H groups in total. The highest BCUT2D eigenvalue weighted by Crippen LogP contribution is 2.48. The van der Waals surface area contributed by atoms with E-state index in [1.807, 2.05) is 25.2 Å². The predicted octanol–water partition coefficient (Wildman–Crippen LogP) is 2.00. The molecule has 1 unspecified atom stereocenters. The van der Waals surface area contributed by atoms with Gasteiger partial charge in [-0.3, -0.25) is 9.59 Å². The number of imidazole rings is 1. The van der Waals surface area contributed by atoms with Gasteiger partial charge in [0.1, 0.15) is 6.33 Å². The van der Waals surface area contributed by atoms with Crippen molar-refractivity contribution >= 4 is 28.8 Å². The van der Waals surface area contributed by atoms with Gasteiger partial charge in [0.05, 0.1) is 5.41 Å². The van der Waals surface area contributed by atoms with Crippen LogP contribution in [-0.4, -0.2) is 57.5 Å². The molecule has 6 rings (SSSR count). The fourth-order valence-electron chi connectivity index (χ4n) is 5.60. The molecule has 1 spiro atoms. The monoisotopic (exact) mass is 459 g/mol. The van der Waals surface area contributed by atoms with Crippen LogP contribution in [-0.2, 0) is 11.8 Å². The van der Waals surface area contributed by atoms with Crippen LogP contribution in [0.2, 0.25) is 0 Å². The van der Waals surface area contributed by atoms with E-state index in [4.69, 9.17) is 0 Å². The topological polar surface area (TPSA) is 105 Å². The summed E-state index contributed by atoms with van der Waals surface area (Å²) in [5.41, 5.74) is 2.09. The summed E-state index contributed by atoms with van der Waals surface area (Å²) in [6.45, 7) is 2.77. The van der Waals surface area contributed by atoms with E-state index in [9.17, 15) is 9.59 Å². The Morgan fingerprint density at radius 1 is 1.18 bits per heavy atom. The number of hydrogen-bond acceptors (Lipinski definition) is 6. The third kappa shape index (κ3) is 3.41. The molecule has 4 heterocycles. The molecule has 9 heteroatoms. The highest BCUT2D eigenvalue weighted by atomic mass is 16.2. The smallest absolute Gasteiger partial charge is 0.287 e. The number of anilines is 1. The Morgan fingerprint density at radius 3 is 2.68 bits per heavy atom. The molecular formula is C25H29N7O2. The standard InChI is InChI=1S/C25H29N7O2/c1-31-20-19(30-22(31)23(33)26-13-16-7-8-16)21(29-15-28-20)32-11-9-25(10-12-32)18(14-27-24(25)34)17-5-3-2-4-6-17/h2-6,15-16,18H,7-14H2,1H3,(H,26,33)(H,27,34). The second-order valence-electron chi connectivity index (χ2n) is 9.83. The van der Waals surface area contributed by atoms with E-state index in [2.05, 4.69) is 42.6 Å². The van der Waals surface area contributed by atoms with Gasteiger partial charge in [-0.05, 0) is 37.2 Å². The van der Waals surface area contributed by atoms with Crippen molar-refractivity contribution < 1.29 is 9.59 Å². The Labute approximate surface area is 198 Å². The molecule has 1 aromatic carbocycles. The molecule has 34 heavy (non-hydrogen) atoms. The number of nitrogens with one attached hydrogen (secondary N) is 2. The second-order valence-corrected chi connectivity index (χ2v) is 9.83. The summed E-state index contributed by atoms with van der Waals surface area (Å²) in [6, 6.07) is 10.3. The van der Waals surface area contributed by atoms with Crippen LogP contribution < -0.4 is 15.5 Å². The third-order valence-corrected chi connectivity index (χ3v) is 7.83. The highest BCUT2D eigenvalue weighted by Gasteiger charge is 2.52. The summed E-state index contributed by atoms with van der Waals surface area (Å²) in [5.74, 6) is 1.83. The summed E-state index contributed by atoms with van der Waals surface area (Å²) >= 11 is 0. The molecule has 3 fully saturated rings. The van der Waals surface area contributed by atoms with E-state index in [0.717, 1.165) is 18.7 Å². The molecule has 0 radical (unpaired) electrons. The van der Waals surface area contributed by atoms with Gasteiger partial charge >= 0.3 is 0 Å². The summed E-state index contributed by atoms with van der Waals surface area (Å²) < 4.78 is 1.74. The van der Waals surface area contributed by atoms with Gasteiger partial charge in [-0.2, -0.15) is 0 Å². The van der Waals surface area contributed by atoms with Gasteiger partial charge in [0.15, 0.2) is 17.0 Å². The van der Waals surface area contributed by atoms with Gasteiger partial charge in [-0.15, -0.1) is 0 Å². The fraction of sp³-hybridized carbons (Fsp3) is 0.480. The highest BCUT2D eigenvalue weighted by molar-refractivity contribution is 5.96. The molecular weight excluding hydrogens is 430 g/mol. The predicted molar refractivity (Wildman–Crippen MR) is 127 cm³/mol. The van der Waals surface area contributed by atoms with Crippen molar-refractivity contribution in [2.45, 2.75) is 31.6 Å². The average molecular weight is 460 g/mol. The maximum Gasteiger partial charge on any atom is 0.287 e. The van der Waals surface area contributed by atoms with Crippen LogP contribution in [0, 0.1) is 11.3 Å². The maximum absolute atomic E-state index is 13.0. The molecule has 2 saturated heterocycles. The minimum absolute atomic E-state index is 0.154. The maximum atomic E-state index is 13.0. The Hall–Kier alpha value is -3.49. The first-order valence-electron chi connectivity index (χ1n) is 12.1. The Kier molecular flexibility index (Phi) is 5.00. The van der Waals surface area contributed by atoms with E-state index < -0.39 is 5.41 Å². The van der Waals surface area contributed by atoms with Crippen molar-refractivity contribution in [3.63, 3.8) is 0 Å². The molecule has 3 aliphatic rings. The normalized spacial score (nSPS) is 21.7. The summed E-state index contributed by atoms with van der Waals surface area (Å²) in [5, 5.41) is 6.11. The Bertz CT molecular complexity index is 1240. The number of fused-ring (bicyclic) bond motifs is 1. The van der Waals surface area contributed by atoms with Crippen molar-refractivity contribution in [1.82, 2.24) is 30.2 Å².